The monoisotopic (exact) mass is 295 g/mol. The van der Waals surface area contributed by atoms with Crippen LogP contribution < -0.4 is 4.90 Å². The van der Waals surface area contributed by atoms with Gasteiger partial charge in [-0.25, -0.2) is 4.79 Å². The van der Waals surface area contributed by atoms with Crippen LogP contribution in [0.4, 0.5) is 10.5 Å². The van der Waals surface area contributed by atoms with Gasteiger partial charge in [0.15, 0.2) is 6.29 Å². The van der Waals surface area contributed by atoms with Crippen LogP contribution in [0.3, 0.4) is 0 Å². The molecule has 0 bridgehead atoms. The van der Waals surface area contributed by atoms with E-state index in [0.717, 1.165) is 24.7 Å². The summed E-state index contributed by atoms with van der Waals surface area (Å²) in [4.78, 5) is 25.3. The lowest BCUT2D eigenvalue weighted by Crippen LogP contribution is -2.34. The average molecular weight is 295 g/mol. The predicted octanol–water partition coefficient (Wildman–Crippen LogP) is 3.80. The molecule has 1 fully saturated rings. The third kappa shape index (κ3) is 3.17. The highest BCUT2D eigenvalue weighted by atomic mass is 16.6. The van der Waals surface area contributed by atoms with E-state index >= 15 is 0 Å². The molecule has 0 radical (unpaired) electrons. The number of hydrogen-bond donors (Lipinski definition) is 0. The van der Waals surface area contributed by atoms with E-state index in [1.165, 1.54) is 0 Å². The fraction of sp³-hybridized carbons (Fsp3) is 0.222. The van der Waals surface area contributed by atoms with Gasteiger partial charge < -0.3 is 4.74 Å². The Morgan fingerprint density at radius 2 is 1.77 bits per heavy atom. The minimum atomic E-state index is -0.402. The molecule has 3 rings (SSSR count). The van der Waals surface area contributed by atoms with Crippen LogP contribution in [-0.4, -0.2) is 18.4 Å². The van der Waals surface area contributed by atoms with Gasteiger partial charge in [-0.2, -0.15) is 0 Å². The maximum atomic E-state index is 12.5. The first-order valence-electron chi connectivity index (χ1n) is 7.33. The summed E-state index contributed by atoms with van der Waals surface area (Å²) in [5.41, 5.74) is 2.07. The predicted molar refractivity (Wildman–Crippen MR) is 84.0 cm³/mol. The molecule has 112 valence electrons. The third-order valence-electron chi connectivity index (χ3n) is 3.64. The maximum absolute atomic E-state index is 12.5. The molecule has 0 N–H and O–H groups in total. The van der Waals surface area contributed by atoms with Gasteiger partial charge in [0, 0.05) is 11.6 Å². The summed E-state index contributed by atoms with van der Waals surface area (Å²) in [7, 11) is 0. The highest BCUT2D eigenvalue weighted by Gasteiger charge is 2.35. The number of para-hydroxylation sites is 1. The number of ether oxygens (including phenoxy) is 1. The standard InChI is InChI=1S/C18H17NO3/c20-12-15-8-4-5-9-17(15)19(16-10-11-16)18(21)22-13-14-6-2-1-3-7-14/h1-9,12,16H,10-11,13H2. The second kappa shape index (κ2) is 6.43. The number of amides is 1. The summed E-state index contributed by atoms with van der Waals surface area (Å²) < 4.78 is 5.42. The van der Waals surface area contributed by atoms with E-state index in [1.54, 1.807) is 23.1 Å². The molecule has 0 unspecified atom stereocenters. The maximum Gasteiger partial charge on any atom is 0.414 e. The summed E-state index contributed by atoms with van der Waals surface area (Å²) in [6.45, 7) is 0.228. The summed E-state index contributed by atoms with van der Waals surface area (Å²) in [6, 6.07) is 16.8. The Bertz CT molecular complexity index is 665. The smallest absolute Gasteiger partial charge is 0.414 e. The molecular formula is C18H17NO3. The molecule has 1 amide bonds. The van der Waals surface area contributed by atoms with Crippen molar-refractivity contribution in [1.82, 2.24) is 0 Å². The van der Waals surface area contributed by atoms with Crippen molar-refractivity contribution in [2.24, 2.45) is 0 Å². The van der Waals surface area contributed by atoms with Crippen molar-refractivity contribution in [3.63, 3.8) is 0 Å². The van der Waals surface area contributed by atoms with Crippen molar-refractivity contribution >= 4 is 18.1 Å². The Labute approximate surface area is 129 Å². The topological polar surface area (TPSA) is 46.6 Å². The number of nitrogens with zero attached hydrogens (tertiary/aromatic N) is 1. The van der Waals surface area contributed by atoms with Gasteiger partial charge in [0.05, 0.1) is 5.69 Å². The Morgan fingerprint density at radius 3 is 2.45 bits per heavy atom. The van der Waals surface area contributed by atoms with Crippen LogP contribution in [0.15, 0.2) is 54.6 Å². The molecule has 4 heteroatoms. The Balaban J connectivity index is 1.76. The molecule has 2 aromatic carbocycles. The van der Waals surface area contributed by atoms with Gasteiger partial charge in [-0.1, -0.05) is 42.5 Å². The third-order valence-corrected chi connectivity index (χ3v) is 3.64. The van der Waals surface area contributed by atoms with E-state index in [4.69, 9.17) is 4.74 Å². The lowest BCUT2D eigenvalue weighted by atomic mass is 10.2. The number of anilines is 1. The summed E-state index contributed by atoms with van der Waals surface area (Å²) in [6.07, 6.45) is 2.25. The average Bonchev–Trinajstić information content (AvgIpc) is 3.39. The van der Waals surface area contributed by atoms with Gasteiger partial charge in [0.1, 0.15) is 6.61 Å². The number of carbonyl (C=O) groups is 2. The van der Waals surface area contributed by atoms with Crippen LogP contribution in [-0.2, 0) is 11.3 Å². The fourth-order valence-electron chi connectivity index (χ4n) is 2.37. The van der Waals surface area contributed by atoms with Crippen LogP contribution >= 0.6 is 0 Å². The SMILES string of the molecule is O=Cc1ccccc1N(C(=O)OCc1ccccc1)C1CC1. The van der Waals surface area contributed by atoms with Crippen LogP contribution in [0.1, 0.15) is 28.8 Å². The number of aldehydes is 1. The van der Waals surface area contributed by atoms with Gasteiger partial charge in [0.2, 0.25) is 0 Å². The largest absolute Gasteiger partial charge is 0.444 e. The summed E-state index contributed by atoms with van der Waals surface area (Å²) in [5.74, 6) is 0. The van der Waals surface area contributed by atoms with Crippen molar-refractivity contribution in [3.8, 4) is 0 Å². The van der Waals surface area contributed by atoms with E-state index < -0.39 is 6.09 Å². The van der Waals surface area contributed by atoms with Gasteiger partial charge in [-0.15, -0.1) is 0 Å². The first kappa shape index (κ1) is 14.3. The highest BCUT2D eigenvalue weighted by molar-refractivity contribution is 5.95. The zero-order valence-electron chi connectivity index (χ0n) is 12.1. The van der Waals surface area contributed by atoms with Gasteiger partial charge >= 0.3 is 6.09 Å². The first-order valence-corrected chi connectivity index (χ1v) is 7.33. The molecule has 0 aromatic heterocycles. The molecule has 1 saturated carbocycles. The minimum Gasteiger partial charge on any atom is -0.444 e. The van der Waals surface area contributed by atoms with Crippen molar-refractivity contribution in [2.75, 3.05) is 4.90 Å². The van der Waals surface area contributed by atoms with E-state index in [1.807, 2.05) is 36.4 Å². The Hall–Kier alpha value is -2.62. The lowest BCUT2D eigenvalue weighted by molar-refractivity contribution is 0.112. The highest BCUT2D eigenvalue weighted by Crippen LogP contribution is 2.33. The van der Waals surface area contributed by atoms with E-state index in [2.05, 4.69) is 0 Å². The van der Waals surface area contributed by atoms with Crippen molar-refractivity contribution in [2.45, 2.75) is 25.5 Å². The van der Waals surface area contributed by atoms with Gasteiger partial charge in [-0.05, 0) is 30.5 Å². The zero-order chi connectivity index (χ0) is 15.4. The van der Waals surface area contributed by atoms with Crippen molar-refractivity contribution < 1.29 is 14.3 Å². The lowest BCUT2D eigenvalue weighted by Gasteiger charge is -2.23. The molecule has 2 aromatic rings. The Kier molecular flexibility index (Phi) is 4.19. The number of hydrogen-bond acceptors (Lipinski definition) is 3. The first-order chi connectivity index (χ1) is 10.8. The number of carbonyl (C=O) groups excluding carboxylic acids is 2. The molecule has 22 heavy (non-hydrogen) atoms. The minimum absolute atomic E-state index is 0.129. The normalized spacial score (nSPS) is 13.5. The molecule has 0 heterocycles. The zero-order valence-corrected chi connectivity index (χ0v) is 12.1. The molecule has 1 aliphatic carbocycles. The molecule has 0 aliphatic heterocycles. The second-order valence-electron chi connectivity index (χ2n) is 5.32. The van der Waals surface area contributed by atoms with Crippen LogP contribution in [0, 0.1) is 0 Å². The molecule has 0 saturated heterocycles. The van der Waals surface area contributed by atoms with Crippen molar-refractivity contribution in [1.29, 1.82) is 0 Å². The van der Waals surface area contributed by atoms with E-state index in [-0.39, 0.29) is 12.6 Å². The molecule has 0 atom stereocenters. The van der Waals surface area contributed by atoms with E-state index in [9.17, 15) is 9.59 Å². The molecular weight excluding hydrogens is 278 g/mol. The van der Waals surface area contributed by atoms with Crippen LogP contribution in [0.5, 0.6) is 0 Å². The number of rotatable bonds is 5. The fourth-order valence-corrected chi connectivity index (χ4v) is 2.37. The molecule has 4 nitrogen and oxygen atoms in total. The van der Waals surface area contributed by atoms with Crippen LogP contribution in [0.2, 0.25) is 0 Å². The Morgan fingerprint density at radius 1 is 1.09 bits per heavy atom. The molecule has 0 spiro atoms. The number of benzene rings is 2. The summed E-state index contributed by atoms with van der Waals surface area (Å²) in [5, 5.41) is 0. The van der Waals surface area contributed by atoms with E-state index in [0.29, 0.717) is 11.3 Å². The van der Waals surface area contributed by atoms with Gasteiger partial charge in [-0.3, -0.25) is 9.69 Å². The van der Waals surface area contributed by atoms with Gasteiger partial charge in [0.25, 0.3) is 0 Å². The van der Waals surface area contributed by atoms with Crippen LogP contribution in [0.25, 0.3) is 0 Å². The summed E-state index contributed by atoms with van der Waals surface area (Å²) >= 11 is 0. The second-order valence-corrected chi connectivity index (χ2v) is 5.32. The van der Waals surface area contributed by atoms with Crippen molar-refractivity contribution in [3.05, 3.63) is 65.7 Å². The molecule has 1 aliphatic rings. The quantitative estimate of drug-likeness (QED) is 0.788.